The van der Waals surface area contributed by atoms with Crippen LogP contribution in [0.2, 0.25) is 5.02 Å². The number of benzene rings is 1. The van der Waals surface area contributed by atoms with E-state index in [2.05, 4.69) is 11.3 Å². The molecule has 1 aromatic rings. The highest BCUT2D eigenvalue weighted by Gasteiger charge is 2.06. The lowest BCUT2D eigenvalue weighted by molar-refractivity contribution is 0.259. The lowest BCUT2D eigenvalue weighted by Gasteiger charge is -2.15. The summed E-state index contributed by atoms with van der Waals surface area (Å²) in [6, 6.07) is 7.26. The van der Waals surface area contributed by atoms with Crippen LogP contribution < -0.4 is 16.0 Å². The van der Waals surface area contributed by atoms with Crippen molar-refractivity contribution in [2.24, 2.45) is 5.84 Å². The van der Waals surface area contributed by atoms with Gasteiger partial charge in [0.2, 0.25) is 0 Å². The van der Waals surface area contributed by atoms with Gasteiger partial charge in [0.05, 0.1) is 6.04 Å². The fourth-order valence-corrected chi connectivity index (χ4v) is 1.33. The molecule has 86 valence electrons. The van der Waals surface area contributed by atoms with Gasteiger partial charge in [-0.05, 0) is 30.7 Å². The fraction of sp³-hybridized carbons (Fsp3) is 0.333. The number of rotatable bonds is 6. The Bertz CT molecular complexity index is 345. The third-order valence-electron chi connectivity index (χ3n) is 2.14. The highest BCUT2D eigenvalue weighted by Crippen LogP contribution is 2.15. The molecule has 0 fully saturated rings. The molecule has 0 radical (unpaired) electrons. The third-order valence-corrected chi connectivity index (χ3v) is 2.39. The Morgan fingerprint density at radius 1 is 1.44 bits per heavy atom. The summed E-state index contributed by atoms with van der Waals surface area (Å²) in [6.45, 7) is 0.486. The van der Waals surface area contributed by atoms with Crippen LogP contribution in [0.5, 0.6) is 5.75 Å². The van der Waals surface area contributed by atoms with Crippen molar-refractivity contribution in [3.63, 3.8) is 0 Å². The minimum atomic E-state index is 0.0618. The summed E-state index contributed by atoms with van der Waals surface area (Å²) in [4.78, 5) is 0. The molecule has 16 heavy (non-hydrogen) atoms. The van der Waals surface area contributed by atoms with E-state index in [0.29, 0.717) is 18.1 Å². The van der Waals surface area contributed by atoms with Crippen LogP contribution in [0.3, 0.4) is 0 Å². The normalized spacial score (nSPS) is 11.8. The molecule has 0 amide bonds. The smallest absolute Gasteiger partial charge is 0.119 e. The van der Waals surface area contributed by atoms with Crippen molar-refractivity contribution in [2.45, 2.75) is 18.9 Å². The van der Waals surface area contributed by atoms with Crippen molar-refractivity contribution in [1.29, 1.82) is 0 Å². The maximum atomic E-state index is 5.76. The van der Waals surface area contributed by atoms with Gasteiger partial charge in [-0.3, -0.25) is 11.3 Å². The average Bonchev–Trinajstić information content (AvgIpc) is 2.32. The van der Waals surface area contributed by atoms with Crippen molar-refractivity contribution in [2.75, 3.05) is 6.61 Å². The van der Waals surface area contributed by atoms with Crippen molar-refractivity contribution in [3.8, 4) is 18.1 Å². The Morgan fingerprint density at radius 3 is 2.69 bits per heavy atom. The van der Waals surface area contributed by atoms with E-state index in [4.69, 9.17) is 28.6 Å². The third kappa shape index (κ3) is 4.54. The van der Waals surface area contributed by atoms with Gasteiger partial charge >= 0.3 is 0 Å². The molecule has 0 spiro atoms. The number of nitrogens with one attached hydrogen (secondary N) is 1. The van der Waals surface area contributed by atoms with Crippen LogP contribution in [-0.4, -0.2) is 12.6 Å². The number of hydrogen-bond donors (Lipinski definition) is 2. The van der Waals surface area contributed by atoms with E-state index in [9.17, 15) is 0 Å². The molecule has 0 aliphatic heterocycles. The second-order valence-electron chi connectivity index (χ2n) is 3.37. The number of terminal acetylenes is 1. The Labute approximate surface area is 101 Å². The van der Waals surface area contributed by atoms with Crippen LogP contribution in [0.4, 0.5) is 0 Å². The molecule has 1 atom stereocenters. The van der Waals surface area contributed by atoms with Crippen LogP contribution in [-0.2, 0) is 0 Å². The van der Waals surface area contributed by atoms with Gasteiger partial charge in [-0.15, -0.1) is 12.3 Å². The van der Waals surface area contributed by atoms with E-state index in [1.165, 1.54) is 0 Å². The lowest BCUT2D eigenvalue weighted by atomic mass is 10.2. The fourth-order valence-electron chi connectivity index (χ4n) is 1.20. The number of hydrogen-bond acceptors (Lipinski definition) is 3. The van der Waals surface area contributed by atoms with Crippen LogP contribution >= 0.6 is 11.6 Å². The van der Waals surface area contributed by atoms with Crippen molar-refractivity contribution < 1.29 is 4.74 Å². The summed E-state index contributed by atoms with van der Waals surface area (Å²) in [7, 11) is 0. The van der Waals surface area contributed by atoms with Gasteiger partial charge in [-0.2, -0.15) is 0 Å². The van der Waals surface area contributed by atoms with Gasteiger partial charge in [0.15, 0.2) is 0 Å². The number of nitrogens with two attached hydrogens (primary N) is 1. The van der Waals surface area contributed by atoms with Crippen molar-refractivity contribution >= 4 is 11.6 Å². The van der Waals surface area contributed by atoms with Gasteiger partial charge in [-0.25, -0.2) is 0 Å². The average molecular weight is 239 g/mol. The monoisotopic (exact) mass is 238 g/mol. The number of halogens is 1. The largest absolute Gasteiger partial charge is 0.492 e. The zero-order chi connectivity index (χ0) is 11.8. The van der Waals surface area contributed by atoms with Gasteiger partial charge in [0, 0.05) is 11.4 Å². The molecule has 3 nitrogen and oxygen atoms in total. The summed E-state index contributed by atoms with van der Waals surface area (Å²) in [5, 5.41) is 0.688. The Balaban J connectivity index is 2.37. The maximum Gasteiger partial charge on any atom is 0.119 e. The predicted molar refractivity (Wildman–Crippen MR) is 66.1 cm³/mol. The van der Waals surface area contributed by atoms with E-state index in [1.54, 1.807) is 12.1 Å². The molecule has 1 aromatic carbocycles. The quantitative estimate of drug-likeness (QED) is 0.453. The van der Waals surface area contributed by atoms with Gasteiger partial charge in [0.25, 0.3) is 0 Å². The van der Waals surface area contributed by atoms with E-state index in [0.717, 1.165) is 12.2 Å². The molecule has 0 saturated heterocycles. The van der Waals surface area contributed by atoms with E-state index in [-0.39, 0.29) is 6.04 Å². The molecule has 3 N–H and O–H groups in total. The molecule has 0 aliphatic carbocycles. The van der Waals surface area contributed by atoms with Crippen molar-refractivity contribution in [3.05, 3.63) is 29.3 Å². The Kier molecular flexibility index (Phi) is 5.73. The number of hydrazine groups is 1. The molecule has 1 rings (SSSR count). The van der Waals surface area contributed by atoms with Crippen LogP contribution in [0.25, 0.3) is 0 Å². The lowest BCUT2D eigenvalue weighted by Crippen LogP contribution is -2.39. The predicted octanol–water partition coefficient (Wildman–Crippen LogP) is 1.96. The zero-order valence-electron chi connectivity index (χ0n) is 8.95. The summed E-state index contributed by atoms with van der Waals surface area (Å²) >= 11 is 5.76. The summed E-state index contributed by atoms with van der Waals surface area (Å²) in [5.41, 5.74) is 2.67. The SMILES string of the molecule is C#CCCC(COc1ccc(Cl)cc1)NN. The standard InChI is InChI=1S/C12H15ClN2O/c1-2-3-4-11(15-14)9-16-12-7-5-10(13)6-8-12/h1,5-8,11,15H,3-4,9,14H2. The molecule has 1 unspecified atom stereocenters. The highest BCUT2D eigenvalue weighted by atomic mass is 35.5. The summed E-state index contributed by atoms with van der Waals surface area (Å²) in [5.74, 6) is 8.72. The zero-order valence-corrected chi connectivity index (χ0v) is 9.70. The highest BCUT2D eigenvalue weighted by molar-refractivity contribution is 6.30. The first-order chi connectivity index (χ1) is 7.76. The van der Waals surface area contributed by atoms with Crippen LogP contribution in [0.1, 0.15) is 12.8 Å². The van der Waals surface area contributed by atoms with Gasteiger partial charge in [0.1, 0.15) is 12.4 Å². The minimum absolute atomic E-state index is 0.0618. The topological polar surface area (TPSA) is 47.3 Å². The van der Waals surface area contributed by atoms with Crippen molar-refractivity contribution in [1.82, 2.24) is 5.43 Å². The van der Waals surface area contributed by atoms with E-state index < -0.39 is 0 Å². The molecule has 0 saturated carbocycles. The van der Waals surface area contributed by atoms with E-state index in [1.807, 2.05) is 12.1 Å². The number of ether oxygens (including phenoxy) is 1. The van der Waals surface area contributed by atoms with Crippen LogP contribution in [0, 0.1) is 12.3 Å². The first-order valence-electron chi connectivity index (χ1n) is 5.04. The first-order valence-corrected chi connectivity index (χ1v) is 5.42. The Hall–Kier alpha value is -1.21. The second-order valence-corrected chi connectivity index (χ2v) is 3.81. The van der Waals surface area contributed by atoms with Gasteiger partial charge in [-0.1, -0.05) is 11.6 Å². The molecule has 0 bridgehead atoms. The molecule has 4 heteroatoms. The molecule has 0 aromatic heterocycles. The minimum Gasteiger partial charge on any atom is -0.492 e. The van der Waals surface area contributed by atoms with Gasteiger partial charge < -0.3 is 4.74 Å². The Morgan fingerprint density at radius 2 is 2.12 bits per heavy atom. The maximum absolute atomic E-state index is 5.76. The van der Waals surface area contributed by atoms with E-state index >= 15 is 0 Å². The second kappa shape index (κ2) is 7.13. The molecule has 0 heterocycles. The molecular weight excluding hydrogens is 224 g/mol. The summed E-state index contributed by atoms with van der Waals surface area (Å²) < 4.78 is 5.54. The van der Waals surface area contributed by atoms with Crippen LogP contribution in [0.15, 0.2) is 24.3 Å². The molecule has 0 aliphatic rings. The first kappa shape index (κ1) is 12.9. The summed E-state index contributed by atoms with van der Waals surface area (Å²) in [6.07, 6.45) is 6.65. The molecular formula is C12H15ClN2O.